The highest BCUT2D eigenvalue weighted by Gasteiger charge is 2.12. The number of anilines is 1. The van der Waals surface area contributed by atoms with Crippen molar-refractivity contribution < 1.29 is 9.53 Å². The fourth-order valence-corrected chi connectivity index (χ4v) is 3.47. The molecule has 0 saturated carbocycles. The molecule has 2 aromatic carbocycles. The van der Waals surface area contributed by atoms with Crippen molar-refractivity contribution in [2.45, 2.75) is 45.4 Å². The molecular weight excluding hydrogens is 464 g/mol. The predicted octanol–water partition coefficient (Wildman–Crippen LogP) is 7.39. The number of hydrogen-bond donors (Lipinski definition) is 1. The van der Waals surface area contributed by atoms with E-state index in [9.17, 15) is 10.1 Å². The first-order valence-electron chi connectivity index (χ1n) is 10.1. The summed E-state index contributed by atoms with van der Waals surface area (Å²) in [5.74, 6) is 0.150. The Bertz CT molecular complexity index is 922. The summed E-state index contributed by atoms with van der Waals surface area (Å²) in [6, 6.07) is 14.3. The van der Waals surface area contributed by atoms with Crippen LogP contribution >= 0.6 is 27.5 Å². The molecule has 0 aliphatic heterocycles. The molecule has 1 N–H and O–H groups in total. The van der Waals surface area contributed by atoms with E-state index in [1.54, 1.807) is 30.3 Å². The van der Waals surface area contributed by atoms with Crippen molar-refractivity contribution in [3.63, 3.8) is 0 Å². The Hall–Kier alpha value is -2.29. The highest BCUT2D eigenvalue weighted by atomic mass is 79.9. The van der Waals surface area contributed by atoms with Crippen LogP contribution in [0.5, 0.6) is 5.75 Å². The molecule has 0 heterocycles. The second-order valence-electron chi connectivity index (χ2n) is 6.93. The maximum Gasteiger partial charge on any atom is 0.266 e. The van der Waals surface area contributed by atoms with Gasteiger partial charge in [0.05, 0.1) is 6.61 Å². The summed E-state index contributed by atoms with van der Waals surface area (Å²) in [7, 11) is 0. The van der Waals surface area contributed by atoms with E-state index in [1.807, 2.05) is 24.3 Å². The number of benzene rings is 2. The third kappa shape index (κ3) is 8.22. The van der Waals surface area contributed by atoms with Crippen LogP contribution in [0.2, 0.25) is 5.02 Å². The topological polar surface area (TPSA) is 62.1 Å². The Morgan fingerprint density at radius 3 is 2.67 bits per heavy atom. The van der Waals surface area contributed by atoms with Gasteiger partial charge in [-0.2, -0.15) is 5.26 Å². The fraction of sp³-hybridized carbons (Fsp3) is 0.333. The summed E-state index contributed by atoms with van der Waals surface area (Å²) in [5.41, 5.74) is 1.19. The summed E-state index contributed by atoms with van der Waals surface area (Å²) in [4.78, 5) is 12.5. The maximum absolute atomic E-state index is 12.5. The molecule has 0 radical (unpaired) electrons. The summed E-state index contributed by atoms with van der Waals surface area (Å²) in [6.45, 7) is 2.81. The molecule has 0 aromatic heterocycles. The van der Waals surface area contributed by atoms with Gasteiger partial charge in [-0.15, -0.1) is 0 Å². The van der Waals surface area contributed by atoms with Crippen molar-refractivity contribution in [1.29, 1.82) is 5.26 Å². The molecule has 158 valence electrons. The van der Waals surface area contributed by atoms with Crippen LogP contribution in [-0.2, 0) is 4.79 Å². The van der Waals surface area contributed by atoms with Crippen LogP contribution in [0.4, 0.5) is 5.69 Å². The van der Waals surface area contributed by atoms with E-state index in [0.29, 0.717) is 28.6 Å². The van der Waals surface area contributed by atoms with Gasteiger partial charge in [-0.05, 0) is 48.9 Å². The predicted molar refractivity (Wildman–Crippen MR) is 127 cm³/mol. The van der Waals surface area contributed by atoms with E-state index in [2.05, 4.69) is 28.2 Å². The number of nitriles is 1. The summed E-state index contributed by atoms with van der Waals surface area (Å²) >= 11 is 9.39. The molecular formula is C24H26BrClN2O2. The lowest BCUT2D eigenvalue weighted by atomic mass is 10.1. The van der Waals surface area contributed by atoms with Gasteiger partial charge in [-0.3, -0.25) is 4.79 Å². The lowest BCUT2D eigenvalue weighted by molar-refractivity contribution is -0.112. The van der Waals surface area contributed by atoms with E-state index in [1.165, 1.54) is 25.7 Å². The highest BCUT2D eigenvalue weighted by molar-refractivity contribution is 9.10. The van der Waals surface area contributed by atoms with E-state index in [0.717, 1.165) is 17.3 Å². The van der Waals surface area contributed by atoms with Gasteiger partial charge >= 0.3 is 0 Å². The van der Waals surface area contributed by atoms with Crippen molar-refractivity contribution in [2.75, 3.05) is 11.9 Å². The first kappa shape index (κ1) is 24.0. The first-order chi connectivity index (χ1) is 14.5. The number of nitrogens with one attached hydrogen (secondary N) is 1. The normalized spacial score (nSPS) is 11.1. The molecule has 4 nitrogen and oxygen atoms in total. The minimum atomic E-state index is -0.499. The number of hydrogen-bond acceptors (Lipinski definition) is 3. The third-order valence-electron chi connectivity index (χ3n) is 4.47. The molecule has 30 heavy (non-hydrogen) atoms. The van der Waals surface area contributed by atoms with Crippen LogP contribution in [-0.4, -0.2) is 12.5 Å². The molecule has 6 heteroatoms. The summed E-state index contributed by atoms with van der Waals surface area (Å²) in [6.07, 6.45) is 8.63. The van der Waals surface area contributed by atoms with Crippen LogP contribution < -0.4 is 10.1 Å². The zero-order chi connectivity index (χ0) is 21.8. The van der Waals surface area contributed by atoms with Gasteiger partial charge in [0.1, 0.15) is 17.4 Å². The molecule has 0 unspecified atom stereocenters. The lowest BCUT2D eigenvalue weighted by Gasteiger charge is -2.11. The number of nitrogens with zero attached hydrogens (tertiary/aromatic N) is 1. The molecule has 0 aliphatic rings. The van der Waals surface area contributed by atoms with Crippen molar-refractivity contribution >= 4 is 45.2 Å². The van der Waals surface area contributed by atoms with E-state index >= 15 is 0 Å². The number of ether oxygens (including phenoxy) is 1. The van der Waals surface area contributed by atoms with Gasteiger partial charge in [-0.25, -0.2) is 0 Å². The van der Waals surface area contributed by atoms with Crippen LogP contribution in [0.15, 0.2) is 52.5 Å². The van der Waals surface area contributed by atoms with Crippen molar-refractivity contribution in [2.24, 2.45) is 0 Å². The van der Waals surface area contributed by atoms with Crippen LogP contribution in [0, 0.1) is 11.3 Å². The van der Waals surface area contributed by atoms with Gasteiger partial charge in [0.25, 0.3) is 5.91 Å². The Labute approximate surface area is 192 Å². The highest BCUT2D eigenvalue weighted by Crippen LogP contribution is 2.26. The molecule has 0 fully saturated rings. The van der Waals surface area contributed by atoms with Gasteiger partial charge in [0.2, 0.25) is 0 Å². The van der Waals surface area contributed by atoms with Gasteiger partial charge in [0, 0.05) is 20.7 Å². The number of carbonyl (C=O) groups excluding carboxylic acids is 1. The minimum absolute atomic E-state index is 0.0162. The summed E-state index contributed by atoms with van der Waals surface area (Å²) < 4.78 is 6.77. The summed E-state index contributed by atoms with van der Waals surface area (Å²) in [5, 5.41) is 12.7. The first-order valence-corrected chi connectivity index (χ1v) is 11.3. The molecule has 0 aliphatic carbocycles. The molecule has 0 atom stereocenters. The fourth-order valence-electron chi connectivity index (χ4n) is 2.90. The number of amides is 1. The molecule has 0 saturated heterocycles. The second kappa shape index (κ2) is 13.1. The minimum Gasteiger partial charge on any atom is -0.493 e. The number of unbranched alkanes of at least 4 members (excludes halogenated alkanes) is 5. The monoisotopic (exact) mass is 488 g/mol. The Morgan fingerprint density at radius 1 is 1.17 bits per heavy atom. The smallest absolute Gasteiger partial charge is 0.266 e. The maximum atomic E-state index is 12.5. The van der Waals surface area contributed by atoms with Crippen molar-refractivity contribution in [3.8, 4) is 11.8 Å². The number of carbonyl (C=O) groups is 1. The van der Waals surface area contributed by atoms with Crippen LogP contribution in [0.3, 0.4) is 0 Å². The Morgan fingerprint density at radius 2 is 1.93 bits per heavy atom. The van der Waals surface area contributed by atoms with Crippen LogP contribution in [0.25, 0.3) is 6.08 Å². The molecule has 1 amide bonds. The third-order valence-corrected chi connectivity index (χ3v) is 5.20. The van der Waals surface area contributed by atoms with E-state index in [-0.39, 0.29) is 5.57 Å². The standard InChI is InChI=1S/C24H26BrClN2O2/c1-2-3-4-5-6-7-13-30-23-12-11-20(25)15-18(23)14-19(17-27)24(29)28-22-10-8-9-21(26)16-22/h8-12,14-16H,2-7,13H2,1H3,(H,28,29). The molecule has 0 spiro atoms. The van der Waals surface area contributed by atoms with Crippen molar-refractivity contribution in [3.05, 3.63) is 63.1 Å². The van der Waals surface area contributed by atoms with Gasteiger partial charge in [-0.1, -0.05) is 72.6 Å². The average molecular weight is 490 g/mol. The SMILES string of the molecule is CCCCCCCCOc1ccc(Br)cc1C=C(C#N)C(=O)Nc1cccc(Cl)c1. The van der Waals surface area contributed by atoms with Gasteiger partial charge < -0.3 is 10.1 Å². The van der Waals surface area contributed by atoms with Gasteiger partial charge in [0.15, 0.2) is 0 Å². The largest absolute Gasteiger partial charge is 0.493 e. The van der Waals surface area contributed by atoms with Crippen molar-refractivity contribution in [1.82, 2.24) is 0 Å². The zero-order valence-corrected chi connectivity index (χ0v) is 19.4. The number of halogens is 2. The lowest BCUT2D eigenvalue weighted by Crippen LogP contribution is -2.13. The quantitative estimate of drug-likeness (QED) is 0.203. The average Bonchev–Trinajstić information content (AvgIpc) is 2.72. The molecule has 0 bridgehead atoms. The second-order valence-corrected chi connectivity index (χ2v) is 8.28. The Balaban J connectivity index is 2.06. The Kier molecular flexibility index (Phi) is 10.5. The van der Waals surface area contributed by atoms with Crippen LogP contribution in [0.1, 0.15) is 51.0 Å². The number of rotatable bonds is 11. The molecule has 2 rings (SSSR count). The van der Waals surface area contributed by atoms with E-state index < -0.39 is 5.91 Å². The zero-order valence-electron chi connectivity index (χ0n) is 17.1. The van der Waals surface area contributed by atoms with E-state index in [4.69, 9.17) is 16.3 Å². The molecule has 2 aromatic rings.